The van der Waals surface area contributed by atoms with Crippen LogP contribution in [0.5, 0.6) is 11.5 Å². The molecule has 0 bridgehead atoms. The summed E-state index contributed by atoms with van der Waals surface area (Å²) in [6.07, 6.45) is 8.37. The predicted molar refractivity (Wildman–Crippen MR) is 137 cm³/mol. The molecule has 0 aliphatic carbocycles. The fourth-order valence-corrected chi connectivity index (χ4v) is 3.73. The van der Waals surface area contributed by atoms with Crippen molar-refractivity contribution in [3.8, 4) is 11.5 Å². The maximum atomic E-state index is 13.3. The first-order valence-electron chi connectivity index (χ1n) is 12.3. The van der Waals surface area contributed by atoms with E-state index in [9.17, 15) is 4.79 Å². The summed E-state index contributed by atoms with van der Waals surface area (Å²) in [6.45, 7) is 10.2. The number of carbonyl (C=O) groups excluding carboxylic acids is 1. The van der Waals surface area contributed by atoms with Crippen LogP contribution in [0.25, 0.3) is 12.2 Å². The highest BCUT2D eigenvalue weighted by atomic mass is 16.5. The molecule has 1 saturated heterocycles. The van der Waals surface area contributed by atoms with E-state index in [-0.39, 0.29) is 5.78 Å². The molecule has 1 fully saturated rings. The summed E-state index contributed by atoms with van der Waals surface area (Å²) in [7, 11) is 0. The Morgan fingerprint density at radius 2 is 1.15 bits per heavy atom. The number of likely N-dealkylation sites (tertiary alicyclic amines) is 1. The smallest absolute Gasteiger partial charge is 0.187 e. The summed E-state index contributed by atoms with van der Waals surface area (Å²) < 4.78 is 11.5. The first-order valence-corrected chi connectivity index (χ1v) is 12.3. The molecule has 4 nitrogen and oxygen atoms in total. The summed E-state index contributed by atoms with van der Waals surface area (Å²) >= 11 is 0. The topological polar surface area (TPSA) is 38.8 Å². The third kappa shape index (κ3) is 7.61. The van der Waals surface area contributed by atoms with Gasteiger partial charge in [-0.25, -0.2) is 0 Å². The van der Waals surface area contributed by atoms with Gasteiger partial charge in [0.25, 0.3) is 0 Å². The number of ketones is 1. The van der Waals surface area contributed by atoms with Gasteiger partial charge in [0.05, 0.1) is 13.2 Å². The van der Waals surface area contributed by atoms with Gasteiger partial charge in [0.1, 0.15) is 11.5 Å². The summed E-state index contributed by atoms with van der Waals surface area (Å²) in [6, 6.07) is 16.0. The monoisotopic (exact) mass is 447 g/mol. The Morgan fingerprint density at radius 3 is 1.52 bits per heavy atom. The standard InChI is InChI=1S/C29H37NO3/c1-4-7-17-32-27-13-9-23(10-14-27)19-25-21-30(6-3)22-26(29(25)31)20-24-11-15-28(16-12-24)33-18-8-5-2/h9-16,19-20H,4-8,17-18,21-22H2,1-3H3. The Balaban J connectivity index is 1.73. The zero-order chi connectivity index (χ0) is 23.5. The quantitative estimate of drug-likeness (QED) is 0.294. The van der Waals surface area contributed by atoms with E-state index in [4.69, 9.17) is 9.47 Å². The van der Waals surface area contributed by atoms with Crippen molar-refractivity contribution in [2.75, 3.05) is 32.8 Å². The molecule has 0 amide bonds. The van der Waals surface area contributed by atoms with Crippen molar-refractivity contribution in [3.63, 3.8) is 0 Å². The molecule has 0 aromatic heterocycles. The van der Waals surface area contributed by atoms with E-state index in [2.05, 4.69) is 25.7 Å². The lowest BCUT2D eigenvalue weighted by Crippen LogP contribution is -2.37. The third-order valence-corrected chi connectivity index (χ3v) is 5.79. The molecule has 0 unspecified atom stereocenters. The molecule has 1 heterocycles. The number of unbranched alkanes of at least 4 members (excludes halogenated alkanes) is 2. The first kappa shape index (κ1) is 24.8. The highest BCUT2D eigenvalue weighted by Crippen LogP contribution is 2.24. The number of nitrogens with zero attached hydrogens (tertiary/aromatic N) is 1. The number of likely N-dealkylation sites (N-methyl/N-ethyl adjacent to an activating group) is 1. The highest BCUT2D eigenvalue weighted by molar-refractivity contribution is 6.14. The van der Waals surface area contributed by atoms with E-state index in [1.807, 2.05) is 60.7 Å². The van der Waals surface area contributed by atoms with Gasteiger partial charge < -0.3 is 9.47 Å². The Hall–Kier alpha value is -2.85. The Kier molecular flexibility index (Phi) is 9.77. The number of rotatable bonds is 11. The lowest BCUT2D eigenvalue weighted by atomic mass is 9.94. The van der Waals surface area contributed by atoms with E-state index in [0.717, 1.165) is 79.2 Å². The molecule has 1 aliphatic rings. The number of hydrogen-bond donors (Lipinski definition) is 0. The fourth-order valence-electron chi connectivity index (χ4n) is 3.73. The summed E-state index contributed by atoms with van der Waals surface area (Å²) in [5.41, 5.74) is 3.70. The maximum absolute atomic E-state index is 13.3. The molecule has 176 valence electrons. The minimum absolute atomic E-state index is 0.131. The average molecular weight is 448 g/mol. The van der Waals surface area contributed by atoms with Gasteiger partial charge >= 0.3 is 0 Å². The van der Waals surface area contributed by atoms with Crippen LogP contribution in [-0.2, 0) is 4.79 Å². The van der Waals surface area contributed by atoms with Gasteiger partial charge in [-0.05, 0) is 66.9 Å². The van der Waals surface area contributed by atoms with Gasteiger partial charge in [0, 0.05) is 24.2 Å². The largest absolute Gasteiger partial charge is 0.494 e. The minimum Gasteiger partial charge on any atom is -0.494 e. The second kappa shape index (κ2) is 13.0. The minimum atomic E-state index is 0.131. The number of Topliss-reactive ketones (excluding diaryl/α,β-unsaturated/α-hetero) is 1. The number of carbonyl (C=O) groups is 1. The second-order valence-corrected chi connectivity index (χ2v) is 8.51. The van der Waals surface area contributed by atoms with E-state index in [0.29, 0.717) is 13.1 Å². The van der Waals surface area contributed by atoms with Crippen molar-refractivity contribution in [1.29, 1.82) is 0 Å². The van der Waals surface area contributed by atoms with Crippen LogP contribution in [0, 0.1) is 0 Å². The molecule has 0 radical (unpaired) electrons. The van der Waals surface area contributed by atoms with Crippen LogP contribution in [0.2, 0.25) is 0 Å². The summed E-state index contributed by atoms with van der Waals surface area (Å²) in [4.78, 5) is 15.6. The zero-order valence-corrected chi connectivity index (χ0v) is 20.3. The van der Waals surface area contributed by atoms with Crippen molar-refractivity contribution in [3.05, 3.63) is 70.8 Å². The van der Waals surface area contributed by atoms with Gasteiger partial charge in [0.15, 0.2) is 5.78 Å². The summed E-state index contributed by atoms with van der Waals surface area (Å²) in [5.74, 6) is 1.88. The Bertz CT molecular complexity index is 866. The van der Waals surface area contributed by atoms with Crippen LogP contribution in [0.1, 0.15) is 57.6 Å². The van der Waals surface area contributed by atoms with Crippen molar-refractivity contribution in [2.45, 2.75) is 46.5 Å². The Morgan fingerprint density at radius 1 is 0.727 bits per heavy atom. The molecule has 0 N–H and O–H groups in total. The normalized spacial score (nSPS) is 17.0. The molecular weight excluding hydrogens is 410 g/mol. The van der Waals surface area contributed by atoms with E-state index in [1.165, 1.54) is 0 Å². The van der Waals surface area contributed by atoms with Crippen LogP contribution >= 0.6 is 0 Å². The maximum Gasteiger partial charge on any atom is 0.187 e. The van der Waals surface area contributed by atoms with Crippen LogP contribution in [0.15, 0.2) is 59.7 Å². The van der Waals surface area contributed by atoms with Crippen molar-refractivity contribution in [2.24, 2.45) is 0 Å². The van der Waals surface area contributed by atoms with Crippen LogP contribution in [0.4, 0.5) is 0 Å². The van der Waals surface area contributed by atoms with E-state index >= 15 is 0 Å². The van der Waals surface area contributed by atoms with Crippen molar-refractivity contribution >= 4 is 17.9 Å². The van der Waals surface area contributed by atoms with Gasteiger partial charge in [-0.15, -0.1) is 0 Å². The van der Waals surface area contributed by atoms with Crippen LogP contribution < -0.4 is 9.47 Å². The molecule has 4 heteroatoms. The molecule has 2 aromatic carbocycles. The average Bonchev–Trinajstić information content (AvgIpc) is 2.84. The molecule has 1 aliphatic heterocycles. The van der Waals surface area contributed by atoms with Crippen molar-refractivity contribution in [1.82, 2.24) is 4.90 Å². The fraction of sp³-hybridized carbons (Fsp3) is 0.414. The second-order valence-electron chi connectivity index (χ2n) is 8.51. The van der Waals surface area contributed by atoms with Crippen LogP contribution in [0.3, 0.4) is 0 Å². The molecule has 0 spiro atoms. The molecule has 2 aromatic rings. The van der Waals surface area contributed by atoms with E-state index in [1.54, 1.807) is 0 Å². The number of benzene rings is 2. The zero-order valence-electron chi connectivity index (χ0n) is 20.3. The summed E-state index contributed by atoms with van der Waals surface area (Å²) in [5, 5.41) is 0. The predicted octanol–water partition coefficient (Wildman–Crippen LogP) is 6.42. The third-order valence-electron chi connectivity index (χ3n) is 5.79. The number of ether oxygens (including phenoxy) is 2. The number of hydrogen-bond acceptors (Lipinski definition) is 4. The van der Waals surface area contributed by atoms with Gasteiger partial charge in [-0.2, -0.15) is 0 Å². The molecule has 3 rings (SSSR count). The van der Waals surface area contributed by atoms with Gasteiger partial charge in [-0.3, -0.25) is 9.69 Å². The van der Waals surface area contributed by atoms with Gasteiger partial charge in [-0.1, -0.05) is 57.9 Å². The lowest BCUT2D eigenvalue weighted by molar-refractivity contribution is -0.113. The van der Waals surface area contributed by atoms with E-state index < -0.39 is 0 Å². The highest BCUT2D eigenvalue weighted by Gasteiger charge is 2.25. The van der Waals surface area contributed by atoms with Crippen LogP contribution in [-0.4, -0.2) is 43.5 Å². The van der Waals surface area contributed by atoms with Gasteiger partial charge in [0.2, 0.25) is 0 Å². The number of piperidine rings is 1. The SMILES string of the molecule is CCCCOc1ccc(C=C2CN(CC)CC(=Cc3ccc(OCCCC)cc3)C2=O)cc1. The molecule has 33 heavy (non-hydrogen) atoms. The molecular formula is C29H37NO3. The molecule has 0 atom stereocenters. The first-order chi connectivity index (χ1) is 16.1. The lowest BCUT2D eigenvalue weighted by Gasteiger charge is -2.28. The van der Waals surface area contributed by atoms with Crippen molar-refractivity contribution < 1.29 is 14.3 Å². The Labute approximate surface area is 198 Å². The molecule has 0 saturated carbocycles.